The first-order chi connectivity index (χ1) is 7.78. The van der Waals surface area contributed by atoms with Gasteiger partial charge in [0.15, 0.2) is 0 Å². The average Bonchev–Trinajstić information content (AvgIpc) is 2.13. The van der Waals surface area contributed by atoms with Gasteiger partial charge in [0.1, 0.15) is 5.82 Å². The van der Waals surface area contributed by atoms with Gasteiger partial charge in [-0.05, 0) is 11.8 Å². The van der Waals surface area contributed by atoms with Gasteiger partial charge in [0.25, 0.3) is 5.56 Å². The second-order valence-electron chi connectivity index (χ2n) is 5.32. The molecule has 0 bridgehead atoms. The van der Waals surface area contributed by atoms with E-state index in [1.165, 1.54) is 6.20 Å². The van der Waals surface area contributed by atoms with E-state index in [-0.39, 0.29) is 23.8 Å². The highest BCUT2D eigenvalue weighted by molar-refractivity contribution is 5.67. The van der Waals surface area contributed by atoms with Crippen LogP contribution in [0, 0.1) is 5.41 Å². The number of aromatic amines is 1. The molecule has 0 aliphatic heterocycles. The Kier molecular flexibility index (Phi) is 4.04. The standard InChI is InChI=1S/C12H18N2O3/c1-12(2,3)6-9-13-7-8(11(17)14-9)4-5-10(15)16/h7H,4-6H2,1-3H3,(H,15,16)(H,13,14,17). The van der Waals surface area contributed by atoms with Crippen molar-refractivity contribution in [2.24, 2.45) is 5.41 Å². The Balaban J connectivity index is 2.80. The summed E-state index contributed by atoms with van der Waals surface area (Å²) < 4.78 is 0. The number of aromatic nitrogens is 2. The lowest BCUT2D eigenvalue weighted by molar-refractivity contribution is -0.136. The summed E-state index contributed by atoms with van der Waals surface area (Å²) in [7, 11) is 0. The number of rotatable bonds is 4. The predicted octanol–water partition coefficient (Wildman–Crippen LogP) is 1.38. The van der Waals surface area contributed by atoms with Crippen molar-refractivity contribution in [3.8, 4) is 0 Å². The monoisotopic (exact) mass is 238 g/mol. The normalized spacial score (nSPS) is 11.5. The zero-order chi connectivity index (χ0) is 13.1. The van der Waals surface area contributed by atoms with Gasteiger partial charge in [-0.2, -0.15) is 0 Å². The molecule has 0 saturated heterocycles. The van der Waals surface area contributed by atoms with E-state index < -0.39 is 5.97 Å². The van der Waals surface area contributed by atoms with Gasteiger partial charge in [0.05, 0.1) is 0 Å². The Morgan fingerprint density at radius 3 is 2.59 bits per heavy atom. The minimum Gasteiger partial charge on any atom is -0.481 e. The van der Waals surface area contributed by atoms with Crippen LogP contribution < -0.4 is 5.56 Å². The third kappa shape index (κ3) is 4.80. The minimum absolute atomic E-state index is 0.0522. The van der Waals surface area contributed by atoms with E-state index in [0.29, 0.717) is 17.8 Å². The number of hydrogen-bond acceptors (Lipinski definition) is 3. The Bertz CT molecular complexity index is 458. The molecule has 0 atom stereocenters. The van der Waals surface area contributed by atoms with Crippen LogP contribution in [0.3, 0.4) is 0 Å². The Labute approximate surface area is 99.9 Å². The van der Waals surface area contributed by atoms with Crippen LogP contribution in [0.15, 0.2) is 11.0 Å². The second-order valence-corrected chi connectivity index (χ2v) is 5.32. The summed E-state index contributed by atoms with van der Waals surface area (Å²) in [6.45, 7) is 6.18. The number of nitrogens with one attached hydrogen (secondary N) is 1. The summed E-state index contributed by atoms with van der Waals surface area (Å²) in [6, 6.07) is 0. The molecule has 0 radical (unpaired) electrons. The van der Waals surface area contributed by atoms with E-state index in [1.54, 1.807) is 0 Å². The highest BCUT2D eigenvalue weighted by Crippen LogP contribution is 2.17. The molecule has 0 fully saturated rings. The third-order valence-corrected chi connectivity index (χ3v) is 2.23. The van der Waals surface area contributed by atoms with Crippen molar-refractivity contribution in [3.63, 3.8) is 0 Å². The predicted molar refractivity (Wildman–Crippen MR) is 64.0 cm³/mol. The van der Waals surface area contributed by atoms with Gasteiger partial charge in [0.2, 0.25) is 0 Å². The topological polar surface area (TPSA) is 83.0 Å². The van der Waals surface area contributed by atoms with Gasteiger partial charge in [0, 0.05) is 24.6 Å². The van der Waals surface area contributed by atoms with Crippen molar-refractivity contribution >= 4 is 5.97 Å². The molecule has 1 heterocycles. The summed E-state index contributed by atoms with van der Waals surface area (Å²) in [4.78, 5) is 28.9. The highest BCUT2D eigenvalue weighted by atomic mass is 16.4. The minimum atomic E-state index is -0.914. The van der Waals surface area contributed by atoms with Gasteiger partial charge < -0.3 is 10.1 Å². The fourth-order valence-electron chi connectivity index (χ4n) is 1.47. The van der Waals surface area contributed by atoms with Crippen LogP contribution in [0.4, 0.5) is 0 Å². The van der Waals surface area contributed by atoms with Crippen LogP contribution in [0.25, 0.3) is 0 Å². The molecule has 2 N–H and O–H groups in total. The van der Waals surface area contributed by atoms with Crippen molar-refractivity contribution in [3.05, 3.63) is 27.9 Å². The number of carboxylic acids is 1. The number of nitrogens with zero attached hydrogens (tertiary/aromatic N) is 1. The van der Waals surface area contributed by atoms with Crippen molar-refractivity contribution in [1.29, 1.82) is 0 Å². The molecule has 0 aliphatic carbocycles. The number of carbonyl (C=O) groups is 1. The summed E-state index contributed by atoms with van der Waals surface area (Å²) in [6.07, 6.45) is 2.32. The lowest BCUT2D eigenvalue weighted by Gasteiger charge is -2.16. The van der Waals surface area contributed by atoms with Crippen molar-refractivity contribution < 1.29 is 9.90 Å². The summed E-state index contributed by atoms with van der Waals surface area (Å²) in [5.74, 6) is -0.273. The van der Waals surface area contributed by atoms with E-state index in [9.17, 15) is 9.59 Å². The van der Waals surface area contributed by atoms with Crippen LogP contribution in [-0.4, -0.2) is 21.0 Å². The third-order valence-electron chi connectivity index (χ3n) is 2.23. The Morgan fingerprint density at radius 1 is 1.47 bits per heavy atom. The smallest absolute Gasteiger partial charge is 0.303 e. The number of aliphatic carboxylic acids is 1. The maximum Gasteiger partial charge on any atom is 0.303 e. The maximum absolute atomic E-state index is 11.6. The largest absolute Gasteiger partial charge is 0.481 e. The molecule has 0 saturated carbocycles. The molecule has 1 aromatic heterocycles. The average molecular weight is 238 g/mol. The Morgan fingerprint density at radius 2 is 2.12 bits per heavy atom. The summed E-state index contributed by atoms with van der Waals surface area (Å²) in [5, 5.41) is 8.54. The number of H-pyrrole nitrogens is 1. The summed E-state index contributed by atoms with van der Waals surface area (Å²) in [5.41, 5.74) is 0.240. The molecule has 94 valence electrons. The molecule has 1 rings (SSSR count). The lowest BCUT2D eigenvalue weighted by atomic mass is 9.92. The molecule has 0 aliphatic rings. The van der Waals surface area contributed by atoms with E-state index in [2.05, 4.69) is 30.7 Å². The van der Waals surface area contributed by atoms with E-state index in [1.807, 2.05) is 0 Å². The molecule has 0 unspecified atom stereocenters. The van der Waals surface area contributed by atoms with Gasteiger partial charge in [-0.15, -0.1) is 0 Å². The second kappa shape index (κ2) is 5.12. The van der Waals surface area contributed by atoms with Crippen LogP contribution in [0.2, 0.25) is 0 Å². The Hall–Kier alpha value is -1.65. The number of hydrogen-bond donors (Lipinski definition) is 2. The quantitative estimate of drug-likeness (QED) is 0.830. The fourth-order valence-corrected chi connectivity index (χ4v) is 1.47. The number of aryl methyl sites for hydroxylation is 1. The van der Waals surface area contributed by atoms with Gasteiger partial charge >= 0.3 is 5.97 Å². The van der Waals surface area contributed by atoms with Crippen molar-refractivity contribution in [2.45, 2.75) is 40.0 Å². The zero-order valence-corrected chi connectivity index (χ0v) is 10.4. The summed E-state index contributed by atoms with van der Waals surface area (Å²) >= 11 is 0. The van der Waals surface area contributed by atoms with Crippen LogP contribution >= 0.6 is 0 Å². The van der Waals surface area contributed by atoms with E-state index in [4.69, 9.17) is 5.11 Å². The first-order valence-corrected chi connectivity index (χ1v) is 5.57. The first kappa shape index (κ1) is 13.4. The molecular weight excluding hydrogens is 220 g/mol. The first-order valence-electron chi connectivity index (χ1n) is 5.57. The maximum atomic E-state index is 11.6. The lowest BCUT2D eigenvalue weighted by Crippen LogP contribution is -2.20. The SMILES string of the molecule is CC(C)(C)Cc1ncc(CCC(=O)O)c(=O)[nH]1. The number of carboxylic acid groups (broad SMARTS) is 1. The molecular formula is C12H18N2O3. The van der Waals surface area contributed by atoms with E-state index in [0.717, 1.165) is 0 Å². The molecule has 0 spiro atoms. The van der Waals surface area contributed by atoms with Gasteiger partial charge in [-0.3, -0.25) is 9.59 Å². The molecule has 5 heteroatoms. The van der Waals surface area contributed by atoms with Gasteiger partial charge in [-0.1, -0.05) is 20.8 Å². The van der Waals surface area contributed by atoms with Crippen LogP contribution in [-0.2, 0) is 17.6 Å². The fraction of sp³-hybridized carbons (Fsp3) is 0.583. The molecule has 17 heavy (non-hydrogen) atoms. The van der Waals surface area contributed by atoms with E-state index >= 15 is 0 Å². The molecule has 1 aromatic rings. The molecule has 5 nitrogen and oxygen atoms in total. The van der Waals surface area contributed by atoms with Gasteiger partial charge in [-0.25, -0.2) is 4.98 Å². The molecule has 0 aromatic carbocycles. The highest BCUT2D eigenvalue weighted by Gasteiger charge is 2.13. The van der Waals surface area contributed by atoms with Crippen molar-refractivity contribution in [2.75, 3.05) is 0 Å². The van der Waals surface area contributed by atoms with Crippen molar-refractivity contribution in [1.82, 2.24) is 9.97 Å². The molecule has 0 amide bonds. The zero-order valence-electron chi connectivity index (χ0n) is 10.4. The van der Waals surface area contributed by atoms with Crippen LogP contribution in [0.5, 0.6) is 0 Å². The van der Waals surface area contributed by atoms with Crippen LogP contribution in [0.1, 0.15) is 38.6 Å².